The fourth-order valence-electron chi connectivity index (χ4n) is 2.99. The average molecular weight is 319 g/mol. The van der Waals surface area contributed by atoms with Crippen LogP contribution in [0.25, 0.3) is 10.8 Å². The molecule has 0 amide bonds. The van der Waals surface area contributed by atoms with E-state index >= 15 is 0 Å². The van der Waals surface area contributed by atoms with E-state index in [1.165, 1.54) is 27.5 Å². The van der Waals surface area contributed by atoms with Crippen molar-refractivity contribution in [1.82, 2.24) is 5.32 Å². The minimum atomic E-state index is 0.168. The lowest BCUT2D eigenvalue weighted by molar-refractivity contribution is 0.240. The van der Waals surface area contributed by atoms with Gasteiger partial charge in [0.1, 0.15) is 5.75 Å². The zero-order valence-corrected chi connectivity index (χ0v) is 14.7. The minimum Gasteiger partial charge on any atom is -0.491 e. The Hall–Kier alpha value is -2.32. The molecule has 0 spiro atoms. The van der Waals surface area contributed by atoms with Gasteiger partial charge in [0, 0.05) is 18.7 Å². The van der Waals surface area contributed by atoms with Gasteiger partial charge in [-0.05, 0) is 48.7 Å². The fraction of sp³-hybridized carbons (Fsp3) is 0.273. The topological polar surface area (TPSA) is 21.3 Å². The van der Waals surface area contributed by atoms with E-state index in [1.54, 1.807) is 0 Å². The number of fused-ring (bicyclic) bond motifs is 1. The lowest BCUT2D eigenvalue weighted by Gasteiger charge is -2.17. The second-order valence-electron chi connectivity index (χ2n) is 6.46. The van der Waals surface area contributed by atoms with Crippen molar-refractivity contribution in [3.8, 4) is 5.75 Å². The van der Waals surface area contributed by atoms with Crippen molar-refractivity contribution in [3.63, 3.8) is 0 Å². The molecule has 0 saturated heterocycles. The number of nitrogens with one attached hydrogen (secondary N) is 1. The highest BCUT2D eigenvalue weighted by Crippen LogP contribution is 2.29. The third-order valence-electron chi connectivity index (χ3n) is 4.24. The molecule has 0 aliphatic rings. The van der Waals surface area contributed by atoms with Gasteiger partial charge in [0.2, 0.25) is 0 Å². The first-order chi connectivity index (χ1) is 11.6. The summed E-state index contributed by atoms with van der Waals surface area (Å²) < 4.78 is 6.04. The molecule has 0 heterocycles. The number of hydrogen-bond acceptors (Lipinski definition) is 2. The summed E-state index contributed by atoms with van der Waals surface area (Å²) in [6.45, 7) is 7.94. The van der Waals surface area contributed by atoms with Gasteiger partial charge in [0.25, 0.3) is 0 Å². The quantitative estimate of drug-likeness (QED) is 0.672. The van der Waals surface area contributed by atoms with E-state index in [0.29, 0.717) is 0 Å². The number of benzene rings is 3. The van der Waals surface area contributed by atoms with Crippen LogP contribution in [-0.4, -0.2) is 6.10 Å². The van der Waals surface area contributed by atoms with E-state index in [-0.39, 0.29) is 6.10 Å². The molecule has 0 fully saturated rings. The Balaban J connectivity index is 1.85. The third-order valence-corrected chi connectivity index (χ3v) is 4.24. The van der Waals surface area contributed by atoms with Crippen molar-refractivity contribution >= 4 is 10.8 Å². The lowest BCUT2D eigenvalue weighted by atomic mass is 10.0. The van der Waals surface area contributed by atoms with Gasteiger partial charge < -0.3 is 10.1 Å². The Labute approximate surface area is 144 Å². The van der Waals surface area contributed by atoms with Crippen LogP contribution in [0.5, 0.6) is 5.75 Å². The van der Waals surface area contributed by atoms with Crippen LogP contribution in [0.2, 0.25) is 0 Å². The van der Waals surface area contributed by atoms with Gasteiger partial charge in [-0.1, -0.05) is 54.6 Å². The third kappa shape index (κ3) is 3.77. The Bertz CT molecular complexity index is 823. The van der Waals surface area contributed by atoms with Crippen molar-refractivity contribution in [2.24, 2.45) is 0 Å². The Morgan fingerprint density at radius 1 is 0.875 bits per heavy atom. The Morgan fingerprint density at radius 2 is 1.62 bits per heavy atom. The highest BCUT2D eigenvalue weighted by molar-refractivity contribution is 5.87. The van der Waals surface area contributed by atoms with Crippen molar-refractivity contribution < 1.29 is 4.74 Å². The second kappa shape index (κ2) is 7.50. The molecule has 0 aliphatic carbocycles. The van der Waals surface area contributed by atoms with Crippen LogP contribution in [0.4, 0.5) is 0 Å². The molecule has 24 heavy (non-hydrogen) atoms. The molecule has 0 bridgehead atoms. The molecule has 3 rings (SSSR count). The molecule has 3 aromatic carbocycles. The number of ether oxygens (including phenoxy) is 1. The maximum atomic E-state index is 6.04. The van der Waals surface area contributed by atoms with Crippen LogP contribution in [0.1, 0.15) is 30.5 Å². The molecule has 0 saturated carbocycles. The van der Waals surface area contributed by atoms with Gasteiger partial charge in [-0.3, -0.25) is 0 Å². The van der Waals surface area contributed by atoms with E-state index in [9.17, 15) is 0 Å². The van der Waals surface area contributed by atoms with Gasteiger partial charge in [-0.15, -0.1) is 0 Å². The van der Waals surface area contributed by atoms with Gasteiger partial charge >= 0.3 is 0 Å². The zero-order valence-electron chi connectivity index (χ0n) is 14.7. The van der Waals surface area contributed by atoms with Crippen LogP contribution in [0.3, 0.4) is 0 Å². The monoisotopic (exact) mass is 319 g/mol. The maximum absolute atomic E-state index is 6.04. The van der Waals surface area contributed by atoms with Crippen molar-refractivity contribution in [3.05, 3.63) is 77.4 Å². The summed E-state index contributed by atoms with van der Waals surface area (Å²) in [4.78, 5) is 0. The zero-order chi connectivity index (χ0) is 16.9. The van der Waals surface area contributed by atoms with Crippen LogP contribution < -0.4 is 10.1 Å². The van der Waals surface area contributed by atoms with Crippen LogP contribution in [0, 0.1) is 6.92 Å². The van der Waals surface area contributed by atoms with E-state index < -0.39 is 0 Å². The molecular formula is C22H25NO. The standard InChI is InChI=1S/C22H25NO/c1-16(2)24-22-13-12-18-9-6-7-11-20(18)21(22)15-23-14-19-10-5-4-8-17(19)3/h4-13,16,23H,14-15H2,1-3H3. The summed E-state index contributed by atoms with van der Waals surface area (Å²) >= 11 is 0. The molecule has 0 aliphatic heterocycles. The van der Waals surface area contributed by atoms with E-state index in [2.05, 4.69) is 86.8 Å². The first-order valence-corrected chi connectivity index (χ1v) is 8.57. The minimum absolute atomic E-state index is 0.168. The van der Waals surface area contributed by atoms with Gasteiger partial charge in [-0.2, -0.15) is 0 Å². The fourth-order valence-corrected chi connectivity index (χ4v) is 2.99. The summed E-state index contributed by atoms with van der Waals surface area (Å²) in [5.74, 6) is 0.973. The largest absolute Gasteiger partial charge is 0.491 e. The van der Waals surface area contributed by atoms with Gasteiger partial charge in [0.15, 0.2) is 0 Å². The van der Waals surface area contributed by atoms with Gasteiger partial charge in [-0.25, -0.2) is 0 Å². The highest BCUT2D eigenvalue weighted by Gasteiger charge is 2.10. The van der Waals surface area contributed by atoms with E-state index in [0.717, 1.165) is 18.8 Å². The molecule has 0 atom stereocenters. The summed E-state index contributed by atoms with van der Waals surface area (Å²) in [6.07, 6.45) is 0.168. The Morgan fingerprint density at radius 3 is 2.42 bits per heavy atom. The predicted octanol–water partition coefficient (Wildman–Crippen LogP) is 5.23. The molecular weight excluding hydrogens is 294 g/mol. The normalized spacial score (nSPS) is 11.2. The molecule has 1 N–H and O–H groups in total. The van der Waals surface area contributed by atoms with E-state index in [1.807, 2.05) is 0 Å². The van der Waals surface area contributed by atoms with E-state index in [4.69, 9.17) is 4.74 Å². The molecule has 2 heteroatoms. The average Bonchev–Trinajstić information content (AvgIpc) is 2.57. The summed E-state index contributed by atoms with van der Waals surface area (Å²) in [7, 11) is 0. The Kier molecular flexibility index (Phi) is 5.17. The number of aryl methyl sites for hydroxylation is 1. The number of hydrogen-bond donors (Lipinski definition) is 1. The first kappa shape index (κ1) is 16.5. The molecule has 0 radical (unpaired) electrons. The molecule has 2 nitrogen and oxygen atoms in total. The van der Waals surface area contributed by atoms with Crippen molar-refractivity contribution in [2.45, 2.75) is 40.0 Å². The predicted molar refractivity (Wildman–Crippen MR) is 101 cm³/mol. The summed E-state index contributed by atoms with van der Waals surface area (Å²) in [5.41, 5.74) is 3.89. The SMILES string of the molecule is Cc1ccccc1CNCc1c(OC(C)C)ccc2ccccc12. The molecule has 3 aromatic rings. The van der Waals surface area contributed by atoms with Crippen LogP contribution in [0.15, 0.2) is 60.7 Å². The van der Waals surface area contributed by atoms with Crippen LogP contribution >= 0.6 is 0 Å². The smallest absolute Gasteiger partial charge is 0.124 e. The maximum Gasteiger partial charge on any atom is 0.124 e. The number of rotatable bonds is 6. The molecule has 124 valence electrons. The molecule has 0 unspecified atom stereocenters. The summed E-state index contributed by atoms with van der Waals surface area (Å²) in [5, 5.41) is 6.09. The molecule has 0 aromatic heterocycles. The second-order valence-corrected chi connectivity index (χ2v) is 6.46. The first-order valence-electron chi connectivity index (χ1n) is 8.57. The summed E-state index contributed by atoms with van der Waals surface area (Å²) in [6, 6.07) is 21.2. The highest BCUT2D eigenvalue weighted by atomic mass is 16.5. The lowest BCUT2D eigenvalue weighted by Crippen LogP contribution is -2.16. The van der Waals surface area contributed by atoms with Crippen molar-refractivity contribution in [2.75, 3.05) is 0 Å². The van der Waals surface area contributed by atoms with Crippen molar-refractivity contribution in [1.29, 1.82) is 0 Å². The van der Waals surface area contributed by atoms with Gasteiger partial charge in [0.05, 0.1) is 6.10 Å². The van der Waals surface area contributed by atoms with Crippen LogP contribution in [-0.2, 0) is 13.1 Å².